The number of fused-ring (bicyclic) bond motifs is 1. The molecule has 1 aliphatic heterocycles. The smallest absolute Gasteiger partial charge is 0.173 e. The molecule has 0 saturated carbocycles. The third kappa shape index (κ3) is 1.63. The maximum absolute atomic E-state index is 5.92. The second-order valence-corrected chi connectivity index (χ2v) is 4.08. The highest BCUT2D eigenvalue weighted by Crippen LogP contribution is 2.35. The molecule has 0 radical (unpaired) electrons. The van der Waals surface area contributed by atoms with E-state index in [9.17, 15) is 0 Å². The molecule has 3 nitrogen and oxygen atoms in total. The Morgan fingerprint density at radius 1 is 1.31 bits per heavy atom. The van der Waals surface area contributed by atoms with E-state index < -0.39 is 0 Å². The van der Waals surface area contributed by atoms with Gasteiger partial charge < -0.3 is 14.5 Å². The van der Waals surface area contributed by atoms with Crippen molar-refractivity contribution >= 4 is 17.3 Å². The van der Waals surface area contributed by atoms with Crippen molar-refractivity contribution in [2.45, 2.75) is 6.10 Å². The van der Waals surface area contributed by atoms with Gasteiger partial charge in [-0.3, -0.25) is 0 Å². The fraction of sp³-hybridized carbons (Fsp3) is 0.167. The van der Waals surface area contributed by atoms with E-state index in [0.29, 0.717) is 11.6 Å². The van der Waals surface area contributed by atoms with Gasteiger partial charge in [0.15, 0.2) is 6.10 Å². The molecule has 1 aliphatic rings. The molecule has 1 aromatic heterocycles. The molecule has 1 atom stereocenters. The predicted octanol–water partition coefficient (Wildman–Crippen LogP) is 3.48. The van der Waals surface area contributed by atoms with Gasteiger partial charge >= 0.3 is 0 Å². The molecule has 0 fully saturated rings. The maximum Gasteiger partial charge on any atom is 0.173 e. The second kappa shape index (κ2) is 3.76. The summed E-state index contributed by atoms with van der Waals surface area (Å²) in [4.78, 5) is 0. The molecule has 1 unspecified atom stereocenters. The lowest BCUT2D eigenvalue weighted by molar-refractivity contribution is 0.181. The van der Waals surface area contributed by atoms with Crippen molar-refractivity contribution in [3.63, 3.8) is 0 Å². The number of hydrogen-bond acceptors (Lipinski definition) is 3. The molecule has 0 aliphatic carbocycles. The Bertz CT molecular complexity index is 496. The quantitative estimate of drug-likeness (QED) is 0.822. The van der Waals surface area contributed by atoms with Crippen LogP contribution in [0.4, 0.5) is 5.69 Å². The van der Waals surface area contributed by atoms with Crippen molar-refractivity contribution in [1.29, 1.82) is 0 Å². The highest BCUT2D eigenvalue weighted by atomic mass is 35.5. The number of nitrogens with one attached hydrogen (secondary N) is 1. The number of benzene rings is 1. The summed E-state index contributed by atoms with van der Waals surface area (Å²) in [5.74, 6) is 1.58. The van der Waals surface area contributed by atoms with E-state index in [1.54, 1.807) is 12.3 Å². The zero-order valence-electron chi connectivity index (χ0n) is 8.44. The number of anilines is 1. The Kier molecular flexibility index (Phi) is 2.26. The number of ether oxygens (including phenoxy) is 1. The molecular formula is C12H10ClNO2. The van der Waals surface area contributed by atoms with E-state index in [1.165, 1.54) is 0 Å². The molecule has 16 heavy (non-hydrogen) atoms. The predicted molar refractivity (Wildman–Crippen MR) is 62.0 cm³/mol. The summed E-state index contributed by atoms with van der Waals surface area (Å²) < 4.78 is 11.1. The monoisotopic (exact) mass is 235 g/mol. The standard InChI is InChI=1S/C12H10ClNO2/c13-8-3-4-9-11(6-8)16-12(7-14-9)10-2-1-5-15-10/h1-6,12,14H,7H2. The first kappa shape index (κ1) is 9.60. The summed E-state index contributed by atoms with van der Waals surface area (Å²) in [6.07, 6.45) is 1.55. The molecule has 82 valence electrons. The Morgan fingerprint density at radius 2 is 2.25 bits per heavy atom. The molecule has 0 spiro atoms. The van der Waals surface area contributed by atoms with Crippen LogP contribution >= 0.6 is 11.6 Å². The molecule has 2 heterocycles. The van der Waals surface area contributed by atoms with Crippen molar-refractivity contribution < 1.29 is 9.15 Å². The van der Waals surface area contributed by atoms with Gasteiger partial charge in [0.05, 0.1) is 18.5 Å². The minimum absolute atomic E-state index is 0.0963. The van der Waals surface area contributed by atoms with Crippen LogP contribution in [0, 0.1) is 0 Å². The molecule has 0 saturated heterocycles. The van der Waals surface area contributed by atoms with Gasteiger partial charge in [-0.05, 0) is 24.3 Å². The summed E-state index contributed by atoms with van der Waals surface area (Å²) in [5, 5.41) is 3.95. The van der Waals surface area contributed by atoms with Crippen molar-refractivity contribution in [2.24, 2.45) is 0 Å². The van der Waals surface area contributed by atoms with Crippen LogP contribution in [-0.2, 0) is 0 Å². The van der Waals surface area contributed by atoms with Gasteiger partial charge in [0.2, 0.25) is 0 Å². The topological polar surface area (TPSA) is 34.4 Å². The van der Waals surface area contributed by atoms with Gasteiger partial charge in [0.25, 0.3) is 0 Å². The van der Waals surface area contributed by atoms with Crippen molar-refractivity contribution in [3.05, 3.63) is 47.4 Å². The van der Waals surface area contributed by atoms with E-state index >= 15 is 0 Å². The zero-order valence-corrected chi connectivity index (χ0v) is 9.20. The summed E-state index contributed by atoms with van der Waals surface area (Å²) in [6.45, 7) is 0.697. The average Bonchev–Trinajstić information content (AvgIpc) is 2.81. The number of hydrogen-bond donors (Lipinski definition) is 1. The van der Waals surface area contributed by atoms with Gasteiger partial charge in [-0.2, -0.15) is 0 Å². The maximum atomic E-state index is 5.92. The Hall–Kier alpha value is -1.61. The molecule has 2 aromatic rings. The van der Waals surface area contributed by atoms with Crippen LogP contribution in [0.1, 0.15) is 11.9 Å². The fourth-order valence-electron chi connectivity index (χ4n) is 1.77. The van der Waals surface area contributed by atoms with Crippen LogP contribution in [-0.4, -0.2) is 6.54 Å². The highest BCUT2D eigenvalue weighted by molar-refractivity contribution is 6.30. The van der Waals surface area contributed by atoms with Gasteiger partial charge in [-0.25, -0.2) is 0 Å². The first-order valence-electron chi connectivity index (χ1n) is 5.06. The largest absolute Gasteiger partial charge is 0.478 e. The molecule has 3 rings (SSSR count). The average molecular weight is 236 g/mol. The minimum Gasteiger partial charge on any atom is -0.478 e. The van der Waals surface area contributed by atoms with Crippen LogP contribution in [0.25, 0.3) is 0 Å². The Balaban J connectivity index is 1.91. The Morgan fingerprint density at radius 3 is 3.06 bits per heavy atom. The third-order valence-corrected chi connectivity index (χ3v) is 2.79. The van der Waals surface area contributed by atoms with Crippen molar-refractivity contribution in [1.82, 2.24) is 0 Å². The first-order chi connectivity index (χ1) is 7.83. The minimum atomic E-state index is -0.0963. The van der Waals surface area contributed by atoms with E-state index in [1.807, 2.05) is 24.3 Å². The van der Waals surface area contributed by atoms with E-state index in [2.05, 4.69) is 5.32 Å². The lowest BCUT2D eigenvalue weighted by Gasteiger charge is -2.26. The molecule has 0 amide bonds. The van der Waals surface area contributed by atoms with Crippen LogP contribution in [0.2, 0.25) is 5.02 Å². The number of furan rings is 1. The molecule has 1 aromatic carbocycles. The van der Waals surface area contributed by atoms with E-state index in [4.69, 9.17) is 20.8 Å². The second-order valence-electron chi connectivity index (χ2n) is 3.64. The van der Waals surface area contributed by atoms with Gasteiger partial charge in [-0.1, -0.05) is 11.6 Å². The molecule has 1 N–H and O–H groups in total. The summed E-state index contributed by atoms with van der Waals surface area (Å²) in [5.41, 5.74) is 0.965. The van der Waals surface area contributed by atoms with Gasteiger partial charge in [0, 0.05) is 11.1 Å². The van der Waals surface area contributed by atoms with Crippen LogP contribution in [0.3, 0.4) is 0 Å². The molecular weight excluding hydrogens is 226 g/mol. The first-order valence-corrected chi connectivity index (χ1v) is 5.44. The summed E-state index contributed by atoms with van der Waals surface area (Å²) in [6, 6.07) is 9.31. The fourth-order valence-corrected chi connectivity index (χ4v) is 1.93. The van der Waals surface area contributed by atoms with Crippen LogP contribution in [0.5, 0.6) is 5.75 Å². The van der Waals surface area contributed by atoms with E-state index in [-0.39, 0.29) is 6.10 Å². The van der Waals surface area contributed by atoms with Crippen molar-refractivity contribution in [3.8, 4) is 5.75 Å². The highest BCUT2D eigenvalue weighted by Gasteiger charge is 2.22. The lowest BCUT2D eigenvalue weighted by atomic mass is 10.2. The van der Waals surface area contributed by atoms with Crippen molar-refractivity contribution in [2.75, 3.05) is 11.9 Å². The van der Waals surface area contributed by atoms with Gasteiger partial charge in [0.1, 0.15) is 11.5 Å². The number of rotatable bonds is 1. The summed E-state index contributed by atoms with van der Waals surface area (Å²) in [7, 11) is 0. The summed E-state index contributed by atoms with van der Waals surface area (Å²) >= 11 is 5.92. The van der Waals surface area contributed by atoms with Crippen LogP contribution in [0.15, 0.2) is 41.0 Å². The molecule has 4 heteroatoms. The molecule has 0 bridgehead atoms. The lowest BCUT2D eigenvalue weighted by Crippen LogP contribution is -2.23. The zero-order chi connectivity index (χ0) is 11.0. The Labute approximate surface area is 98.0 Å². The van der Waals surface area contributed by atoms with E-state index in [0.717, 1.165) is 17.2 Å². The van der Waals surface area contributed by atoms with Gasteiger partial charge in [-0.15, -0.1) is 0 Å². The van der Waals surface area contributed by atoms with Crippen LogP contribution < -0.4 is 10.1 Å². The SMILES string of the molecule is Clc1ccc2c(c1)OC(c1ccco1)CN2. The normalized spacial score (nSPS) is 18.4. The third-order valence-electron chi connectivity index (χ3n) is 2.55. The number of halogens is 1.